The van der Waals surface area contributed by atoms with E-state index in [1.165, 1.54) is 0 Å². The molecule has 1 atom stereocenters. The quantitative estimate of drug-likeness (QED) is 0.371. The molecule has 0 spiro atoms. The average molecular weight is 514 g/mol. The molecule has 2 N–H and O–H groups in total. The van der Waals surface area contributed by atoms with Gasteiger partial charge in [-0.05, 0) is 61.0 Å². The van der Waals surface area contributed by atoms with Gasteiger partial charge in [0.25, 0.3) is 0 Å². The number of benzene rings is 3. The van der Waals surface area contributed by atoms with E-state index in [2.05, 4.69) is 10.9 Å². The Bertz CT molecular complexity index is 1200. The van der Waals surface area contributed by atoms with Gasteiger partial charge < -0.3 is 14.4 Å². The molecule has 1 saturated heterocycles. The van der Waals surface area contributed by atoms with Crippen LogP contribution in [0.3, 0.4) is 0 Å². The second kappa shape index (κ2) is 11.3. The highest BCUT2D eigenvalue weighted by Gasteiger charge is 2.35. The van der Waals surface area contributed by atoms with Crippen LogP contribution in [0, 0.1) is 5.92 Å². The predicted molar refractivity (Wildman–Crippen MR) is 137 cm³/mol. The van der Waals surface area contributed by atoms with Gasteiger partial charge in [-0.2, -0.15) is 0 Å². The topological polar surface area (TPSA) is 79.9 Å². The zero-order valence-electron chi connectivity index (χ0n) is 19.1. The molecule has 1 fully saturated rings. The van der Waals surface area contributed by atoms with Crippen LogP contribution in [-0.2, 0) is 16.2 Å². The number of carbonyl (C=O) groups is 2. The zero-order chi connectivity index (χ0) is 24.8. The lowest BCUT2D eigenvalue weighted by molar-refractivity contribution is -0.125. The van der Waals surface area contributed by atoms with E-state index < -0.39 is 5.92 Å². The first kappa shape index (κ1) is 24.7. The second-order valence-corrected chi connectivity index (χ2v) is 8.79. The third kappa shape index (κ3) is 6.18. The number of ether oxygens (including phenoxy) is 2. The van der Waals surface area contributed by atoms with Gasteiger partial charge in [0.1, 0.15) is 18.1 Å². The Balaban J connectivity index is 1.34. The number of hydrogen-bond donors (Lipinski definition) is 2. The molecule has 1 heterocycles. The Labute approximate surface area is 213 Å². The molecule has 35 heavy (non-hydrogen) atoms. The zero-order valence-corrected chi connectivity index (χ0v) is 20.6. The van der Waals surface area contributed by atoms with Crippen molar-refractivity contribution in [3.05, 3.63) is 82.3 Å². The van der Waals surface area contributed by atoms with Crippen LogP contribution in [-0.4, -0.2) is 25.0 Å². The molecule has 0 unspecified atom stereocenters. The molecule has 1 aliphatic heterocycles. The van der Waals surface area contributed by atoms with Crippen LogP contribution < -0.4 is 25.2 Å². The van der Waals surface area contributed by atoms with Crippen LogP contribution in [0.4, 0.5) is 11.4 Å². The van der Waals surface area contributed by atoms with Crippen LogP contribution in [0.15, 0.2) is 66.7 Å². The number of carbonyl (C=O) groups excluding carboxylic acids is 2. The first-order chi connectivity index (χ1) is 16.9. The van der Waals surface area contributed by atoms with E-state index in [-0.39, 0.29) is 24.8 Å². The summed E-state index contributed by atoms with van der Waals surface area (Å²) in [5.74, 6) is 0.440. The van der Waals surface area contributed by atoms with Gasteiger partial charge in [0.05, 0.1) is 28.3 Å². The van der Waals surface area contributed by atoms with Crippen LogP contribution in [0.5, 0.6) is 11.5 Å². The van der Waals surface area contributed by atoms with Crippen molar-refractivity contribution < 1.29 is 19.1 Å². The van der Waals surface area contributed by atoms with Crippen LogP contribution >= 0.6 is 23.2 Å². The summed E-state index contributed by atoms with van der Waals surface area (Å²) in [6.45, 7) is 3.06. The minimum atomic E-state index is -0.481. The van der Waals surface area contributed by atoms with Crippen molar-refractivity contribution in [3.63, 3.8) is 0 Å². The largest absolute Gasteiger partial charge is 0.494 e. The predicted octanol–water partition coefficient (Wildman–Crippen LogP) is 5.47. The SMILES string of the molecule is CCOc1ccc(N2C[C@@H](C(=O)NNc3ccccc3OCc3ccc(Cl)c(Cl)c3)CC2=O)cc1. The molecule has 0 aliphatic carbocycles. The van der Waals surface area contributed by atoms with Crippen molar-refractivity contribution in [2.45, 2.75) is 20.0 Å². The van der Waals surface area contributed by atoms with Gasteiger partial charge in [-0.3, -0.25) is 20.4 Å². The molecule has 9 heteroatoms. The third-order valence-electron chi connectivity index (χ3n) is 5.54. The second-order valence-electron chi connectivity index (χ2n) is 7.98. The Hall–Kier alpha value is -3.42. The molecule has 3 aromatic rings. The van der Waals surface area contributed by atoms with E-state index >= 15 is 0 Å². The Morgan fingerprint density at radius 1 is 1.03 bits per heavy atom. The highest BCUT2D eigenvalue weighted by Crippen LogP contribution is 2.29. The number of nitrogens with zero attached hydrogens (tertiary/aromatic N) is 1. The summed E-state index contributed by atoms with van der Waals surface area (Å²) >= 11 is 12.0. The number of anilines is 2. The summed E-state index contributed by atoms with van der Waals surface area (Å²) in [6, 6.07) is 19.8. The number of para-hydroxylation sites is 2. The van der Waals surface area contributed by atoms with Crippen molar-refractivity contribution in [3.8, 4) is 11.5 Å². The molecule has 182 valence electrons. The smallest absolute Gasteiger partial charge is 0.243 e. The number of halogens is 2. The molecule has 0 saturated carbocycles. The molecular formula is C26H25Cl2N3O4. The Morgan fingerprint density at radius 3 is 2.54 bits per heavy atom. The van der Waals surface area contributed by atoms with Crippen molar-refractivity contribution in [2.24, 2.45) is 5.92 Å². The molecule has 0 aromatic heterocycles. The molecule has 4 rings (SSSR count). The summed E-state index contributed by atoms with van der Waals surface area (Å²) in [7, 11) is 0. The standard InChI is InChI=1S/C26H25Cl2N3O4/c1-2-34-20-10-8-19(9-11-20)31-15-18(14-25(31)32)26(33)30-29-23-5-3-4-6-24(23)35-16-17-7-12-21(27)22(28)13-17/h3-13,18,29H,2,14-16H2,1H3,(H,30,33)/t18-/m0/s1. The van der Waals surface area contributed by atoms with Gasteiger partial charge in [0.15, 0.2) is 0 Å². The third-order valence-corrected chi connectivity index (χ3v) is 6.28. The van der Waals surface area contributed by atoms with Gasteiger partial charge in [-0.1, -0.05) is 41.4 Å². The molecule has 2 amide bonds. The molecule has 3 aromatic carbocycles. The average Bonchev–Trinajstić information content (AvgIpc) is 3.26. The Morgan fingerprint density at radius 2 is 1.80 bits per heavy atom. The first-order valence-corrected chi connectivity index (χ1v) is 11.9. The van der Waals surface area contributed by atoms with Crippen molar-refractivity contribution in [1.82, 2.24) is 5.43 Å². The lowest BCUT2D eigenvalue weighted by Gasteiger charge is -2.18. The Kier molecular flexibility index (Phi) is 8.00. The summed E-state index contributed by atoms with van der Waals surface area (Å²) in [4.78, 5) is 27.0. The van der Waals surface area contributed by atoms with E-state index in [0.717, 1.165) is 17.0 Å². The van der Waals surface area contributed by atoms with Gasteiger partial charge in [0, 0.05) is 18.7 Å². The lowest BCUT2D eigenvalue weighted by Crippen LogP contribution is -2.36. The highest BCUT2D eigenvalue weighted by atomic mass is 35.5. The van der Waals surface area contributed by atoms with E-state index in [9.17, 15) is 9.59 Å². The van der Waals surface area contributed by atoms with E-state index in [4.69, 9.17) is 32.7 Å². The van der Waals surface area contributed by atoms with E-state index in [1.54, 1.807) is 29.2 Å². The maximum Gasteiger partial charge on any atom is 0.243 e. The minimum Gasteiger partial charge on any atom is -0.494 e. The summed E-state index contributed by atoms with van der Waals surface area (Å²) in [5.41, 5.74) is 7.82. The fourth-order valence-electron chi connectivity index (χ4n) is 3.74. The normalized spacial score (nSPS) is 15.1. The molecule has 1 aliphatic rings. The maximum atomic E-state index is 12.8. The summed E-state index contributed by atoms with van der Waals surface area (Å²) in [5, 5.41) is 0.934. The van der Waals surface area contributed by atoms with E-state index in [1.807, 2.05) is 49.4 Å². The lowest BCUT2D eigenvalue weighted by atomic mass is 10.1. The molecule has 0 radical (unpaired) electrons. The number of hydrazine groups is 1. The van der Waals surface area contributed by atoms with Gasteiger partial charge in [-0.25, -0.2) is 0 Å². The van der Waals surface area contributed by atoms with Crippen LogP contribution in [0.1, 0.15) is 18.9 Å². The van der Waals surface area contributed by atoms with Crippen molar-refractivity contribution in [2.75, 3.05) is 23.5 Å². The molecule has 7 nitrogen and oxygen atoms in total. The van der Waals surface area contributed by atoms with Crippen molar-refractivity contribution >= 4 is 46.4 Å². The van der Waals surface area contributed by atoms with Gasteiger partial charge >= 0.3 is 0 Å². The number of amides is 2. The van der Waals surface area contributed by atoms with Gasteiger partial charge in [0.2, 0.25) is 11.8 Å². The monoisotopic (exact) mass is 513 g/mol. The molecular weight excluding hydrogens is 489 g/mol. The fourth-order valence-corrected chi connectivity index (χ4v) is 4.06. The highest BCUT2D eigenvalue weighted by molar-refractivity contribution is 6.42. The summed E-state index contributed by atoms with van der Waals surface area (Å²) in [6.07, 6.45) is 0.135. The number of hydrogen-bond acceptors (Lipinski definition) is 5. The number of nitrogens with one attached hydrogen (secondary N) is 2. The van der Waals surface area contributed by atoms with Crippen LogP contribution in [0.25, 0.3) is 0 Å². The van der Waals surface area contributed by atoms with Gasteiger partial charge in [-0.15, -0.1) is 0 Å². The maximum absolute atomic E-state index is 12.8. The minimum absolute atomic E-state index is 0.0975. The fraction of sp³-hybridized carbons (Fsp3) is 0.231. The van der Waals surface area contributed by atoms with Crippen molar-refractivity contribution in [1.29, 1.82) is 0 Å². The first-order valence-electron chi connectivity index (χ1n) is 11.2. The van der Waals surface area contributed by atoms with E-state index in [0.29, 0.717) is 34.6 Å². The number of rotatable bonds is 9. The molecule has 0 bridgehead atoms. The summed E-state index contributed by atoms with van der Waals surface area (Å²) < 4.78 is 11.4. The van der Waals surface area contributed by atoms with Crippen LogP contribution in [0.2, 0.25) is 10.0 Å².